The van der Waals surface area contributed by atoms with Crippen LogP contribution in [0.15, 0.2) is 12.4 Å². The van der Waals surface area contributed by atoms with E-state index in [0.29, 0.717) is 5.92 Å². The van der Waals surface area contributed by atoms with Crippen LogP contribution in [0.3, 0.4) is 0 Å². The van der Waals surface area contributed by atoms with Crippen LogP contribution in [-0.2, 0) is 11.3 Å². The molecule has 4 nitrogen and oxygen atoms in total. The van der Waals surface area contributed by atoms with Crippen LogP contribution >= 0.6 is 0 Å². The van der Waals surface area contributed by atoms with Gasteiger partial charge in [-0.2, -0.15) is 0 Å². The fraction of sp³-hybridized carbons (Fsp3) is 0.750. The molecule has 1 unspecified atom stereocenters. The zero-order valence-electron chi connectivity index (χ0n) is 12.3. The molecule has 2 fully saturated rings. The van der Waals surface area contributed by atoms with Gasteiger partial charge in [-0.3, -0.25) is 0 Å². The summed E-state index contributed by atoms with van der Waals surface area (Å²) in [6.07, 6.45) is 13.1. The van der Waals surface area contributed by atoms with Gasteiger partial charge in [-0.05, 0) is 31.6 Å². The molecule has 0 saturated heterocycles. The van der Waals surface area contributed by atoms with Gasteiger partial charge < -0.3 is 10.1 Å². The molecule has 1 heterocycles. The van der Waals surface area contributed by atoms with Crippen LogP contribution in [-0.4, -0.2) is 23.1 Å². The Balaban J connectivity index is 1.61. The Morgan fingerprint density at radius 2 is 1.85 bits per heavy atom. The number of hydrogen-bond acceptors (Lipinski definition) is 4. The molecule has 20 heavy (non-hydrogen) atoms. The van der Waals surface area contributed by atoms with Gasteiger partial charge in [0.15, 0.2) is 5.82 Å². The molecule has 2 saturated carbocycles. The Hall–Kier alpha value is -1.00. The average molecular weight is 275 g/mol. The number of rotatable bonds is 6. The number of nitrogens with one attached hydrogen (secondary N) is 1. The van der Waals surface area contributed by atoms with Crippen molar-refractivity contribution < 1.29 is 4.74 Å². The SMILES string of the molecule is COC(c1ncc(CNC2CC2)cn1)C1CCCCC1. The Bertz CT molecular complexity index is 410. The first-order chi connectivity index (χ1) is 9.86. The molecule has 4 heteroatoms. The third-order valence-corrected chi connectivity index (χ3v) is 4.48. The van der Waals surface area contributed by atoms with Crippen molar-refractivity contribution in [1.29, 1.82) is 0 Å². The second kappa shape index (κ2) is 6.64. The number of aromatic nitrogens is 2. The maximum atomic E-state index is 5.68. The Kier molecular flexibility index (Phi) is 4.63. The van der Waals surface area contributed by atoms with Crippen LogP contribution in [0.25, 0.3) is 0 Å². The van der Waals surface area contributed by atoms with E-state index in [1.165, 1.54) is 50.5 Å². The second-order valence-corrected chi connectivity index (χ2v) is 6.16. The topological polar surface area (TPSA) is 47.0 Å². The number of hydrogen-bond donors (Lipinski definition) is 1. The highest BCUT2D eigenvalue weighted by Crippen LogP contribution is 2.34. The zero-order valence-corrected chi connectivity index (χ0v) is 12.3. The molecule has 0 radical (unpaired) electrons. The first kappa shape index (κ1) is 14.0. The van der Waals surface area contributed by atoms with Crippen molar-refractivity contribution in [3.05, 3.63) is 23.8 Å². The van der Waals surface area contributed by atoms with Crippen molar-refractivity contribution in [2.24, 2.45) is 5.92 Å². The molecule has 3 rings (SSSR count). The molecule has 2 aliphatic carbocycles. The van der Waals surface area contributed by atoms with Crippen molar-refractivity contribution in [2.75, 3.05) is 7.11 Å². The fourth-order valence-electron chi connectivity index (χ4n) is 3.10. The van der Waals surface area contributed by atoms with E-state index < -0.39 is 0 Å². The van der Waals surface area contributed by atoms with E-state index in [1.54, 1.807) is 7.11 Å². The van der Waals surface area contributed by atoms with E-state index in [1.807, 2.05) is 12.4 Å². The minimum atomic E-state index is 0.0701. The summed E-state index contributed by atoms with van der Waals surface area (Å²) in [5.41, 5.74) is 1.17. The lowest BCUT2D eigenvalue weighted by atomic mass is 9.85. The van der Waals surface area contributed by atoms with Crippen molar-refractivity contribution in [2.45, 2.75) is 63.6 Å². The summed E-state index contributed by atoms with van der Waals surface area (Å²) in [6.45, 7) is 0.881. The van der Waals surface area contributed by atoms with Gasteiger partial charge in [0.1, 0.15) is 6.10 Å². The largest absolute Gasteiger partial charge is 0.373 e. The van der Waals surface area contributed by atoms with E-state index in [2.05, 4.69) is 15.3 Å². The quantitative estimate of drug-likeness (QED) is 0.867. The van der Waals surface area contributed by atoms with Gasteiger partial charge in [-0.1, -0.05) is 19.3 Å². The highest BCUT2D eigenvalue weighted by atomic mass is 16.5. The molecule has 1 aromatic rings. The lowest BCUT2D eigenvalue weighted by Gasteiger charge is -2.28. The highest BCUT2D eigenvalue weighted by molar-refractivity contribution is 5.07. The number of ether oxygens (including phenoxy) is 1. The fourth-order valence-corrected chi connectivity index (χ4v) is 3.10. The Morgan fingerprint density at radius 3 is 2.45 bits per heavy atom. The summed E-state index contributed by atoms with van der Waals surface area (Å²) in [5.74, 6) is 1.44. The van der Waals surface area contributed by atoms with E-state index in [4.69, 9.17) is 4.74 Å². The van der Waals surface area contributed by atoms with Crippen LogP contribution in [0.2, 0.25) is 0 Å². The van der Waals surface area contributed by atoms with Gasteiger partial charge in [-0.15, -0.1) is 0 Å². The number of nitrogens with zero attached hydrogens (tertiary/aromatic N) is 2. The van der Waals surface area contributed by atoms with Gasteiger partial charge in [0.25, 0.3) is 0 Å². The molecule has 0 amide bonds. The van der Waals surface area contributed by atoms with Crippen LogP contribution in [0.1, 0.15) is 62.4 Å². The number of methoxy groups -OCH3 is 1. The van der Waals surface area contributed by atoms with Gasteiger partial charge >= 0.3 is 0 Å². The van der Waals surface area contributed by atoms with E-state index >= 15 is 0 Å². The highest BCUT2D eigenvalue weighted by Gasteiger charge is 2.27. The predicted molar refractivity (Wildman–Crippen MR) is 78.2 cm³/mol. The molecule has 110 valence electrons. The van der Waals surface area contributed by atoms with Crippen LogP contribution in [0.4, 0.5) is 0 Å². The zero-order chi connectivity index (χ0) is 13.8. The molecule has 1 N–H and O–H groups in total. The Morgan fingerprint density at radius 1 is 1.15 bits per heavy atom. The van der Waals surface area contributed by atoms with Crippen molar-refractivity contribution >= 4 is 0 Å². The van der Waals surface area contributed by atoms with E-state index in [9.17, 15) is 0 Å². The summed E-state index contributed by atoms with van der Waals surface area (Å²) < 4.78 is 5.68. The molecular weight excluding hydrogens is 250 g/mol. The summed E-state index contributed by atoms with van der Waals surface area (Å²) >= 11 is 0. The third-order valence-electron chi connectivity index (χ3n) is 4.48. The maximum absolute atomic E-state index is 5.68. The Labute approximate surface area is 121 Å². The van der Waals surface area contributed by atoms with Gasteiger partial charge in [0.05, 0.1) is 0 Å². The monoisotopic (exact) mass is 275 g/mol. The van der Waals surface area contributed by atoms with Crippen molar-refractivity contribution in [1.82, 2.24) is 15.3 Å². The second-order valence-electron chi connectivity index (χ2n) is 6.16. The summed E-state index contributed by atoms with van der Waals surface area (Å²) in [4.78, 5) is 9.09. The lowest BCUT2D eigenvalue weighted by molar-refractivity contribution is 0.0288. The molecule has 2 aliphatic rings. The predicted octanol–water partition coefficient (Wildman–Crippen LogP) is 3.00. The van der Waals surface area contributed by atoms with Gasteiger partial charge in [-0.25, -0.2) is 9.97 Å². The molecule has 0 aromatic carbocycles. The molecule has 0 aliphatic heterocycles. The van der Waals surface area contributed by atoms with Crippen molar-refractivity contribution in [3.8, 4) is 0 Å². The summed E-state index contributed by atoms with van der Waals surface area (Å²) in [5, 5.41) is 3.49. The summed E-state index contributed by atoms with van der Waals surface area (Å²) in [6, 6.07) is 0.726. The van der Waals surface area contributed by atoms with Crippen molar-refractivity contribution in [3.63, 3.8) is 0 Å². The minimum absolute atomic E-state index is 0.0701. The van der Waals surface area contributed by atoms with E-state index in [0.717, 1.165) is 18.4 Å². The van der Waals surface area contributed by atoms with Crippen LogP contribution < -0.4 is 5.32 Å². The maximum Gasteiger partial charge on any atom is 0.157 e. The molecule has 1 atom stereocenters. The molecule has 0 bridgehead atoms. The van der Waals surface area contributed by atoms with Crippen LogP contribution in [0, 0.1) is 5.92 Å². The smallest absolute Gasteiger partial charge is 0.157 e. The first-order valence-corrected chi connectivity index (χ1v) is 7.94. The normalized spacial score (nSPS) is 21.9. The molecular formula is C16H25N3O. The summed E-state index contributed by atoms with van der Waals surface area (Å²) in [7, 11) is 1.78. The standard InChI is InChI=1S/C16H25N3O/c1-20-15(13-5-3-2-4-6-13)16-18-10-12(11-19-16)9-17-14-7-8-14/h10-11,13-15,17H,2-9H2,1H3. The first-order valence-electron chi connectivity index (χ1n) is 7.94. The van der Waals surface area contributed by atoms with Gasteiger partial charge in [0, 0.05) is 37.7 Å². The minimum Gasteiger partial charge on any atom is -0.373 e. The van der Waals surface area contributed by atoms with Crippen LogP contribution in [0.5, 0.6) is 0 Å². The molecule has 1 aromatic heterocycles. The average Bonchev–Trinajstić information content (AvgIpc) is 3.33. The third kappa shape index (κ3) is 3.55. The van der Waals surface area contributed by atoms with Gasteiger partial charge in [0.2, 0.25) is 0 Å². The molecule has 0 spiro atoms. The lowest BCUT2D eigenvalue weighted by Crippen LogP contribution is -2.21. The van der Waals surface area contributed by atoms with E-state index in [-0.39, 0.29) is 6.10 Å².